The SMILES string of the molecule is COC(=O)N1CCN(CCNC(=O)CC(C)(C)C)CC1. The molecule has 2 amide bonds. The van der Waals surface area contributed by atoms with Gasteiger partial charge in [-0.3, -0.25) is 9.69 Å². The average molecular weight is 285 g/mol. The molecule has 1 heterocycles. The van der Waals surface area contributed by atoms with Crippen LogP contribution in [0.2, 0.25) is 0 Å². The molecular formula is C14H27N3O3. The third-order valence-corrected chi connectivity index (χ3v) is 3.25. The summed E-state index contributed by atoms with van der Waals surface area (Å²) in [4.78, 5) is 27.0. The van der Waals surface area contributed by atoms with Crippen molar-refractivity contribution in [1.29, 1.82) is 0 Å². The molecule has 20 heavy (non-hydrogen) atoms. The lowest BCUT2D eigenvalue weighted by molar-refractivity contribution is -0.122. The lowest BCUT2D eigenvalue weighted by Crippen LogP contribution is -2.50. The molecule has 0 unspecified atom stereocenters. The lowest BCUT2D eigenvalue weighted by Gasteiger charge is -2.33. The van der Waals surface area contributed by atoms with Crippen molar-refractivity contribution in [2.75, 3.05) is 46.4 Å². The van der Waals surface area contributed by atoms with Crippen LogP contribution in [-0.4, -0.2) is 68.2 Å². The third kappa shape index (κ3) is 6.23. The van der Waals surface area contributed by atoms with Gasteiger partial charge < -0.3 is 15.0 Å². The van der Waals surface area contributed by atoms with Crippen molar-refractivity contribution in [3.05, 3.63) is 0 Å². The Labute approximate surface area is 121 Å². The number of nitrogens with one attached hydrogen (secondary N) is 1. The lowest BCUT2D eigenvalue weighted by atomic mass is 9.92. The van der Waals surface area contributed by atoms with Crippen LogP contribution in [0.3, 0.4) is 0 Å². The highest BCUT2D eigenvalue weighted by atomic mass is 16.5. The number of hydrogen-bond donors (Lipinski definition) is 1. The van der Waals surface area contributed by atoms with Gasteiger partial charge in [-0.2, -0.15) is 0 Å². The summed E-state index contributed by atoms with van der Waals surface area (Å²) in [5.74, 6) is 0.102. The number of nitrogens with zero attached hydrogens (tertiary/aromatic N) is 2. The standard InChI is InChI=1S/C14H27N3O3/c1-14(2,3)11-12(18)15-5-6-16-7-9-17(10-8-16)13(19)20-4/h5-11H2,1-4H3,(H,15,18). The normalized spacial score (nSPS) is 16.9. The third-order valence-electron chi connectivity index (χ3n) is 3.25. The second kappa shape index (κ2) is 7.47. The molecule has 0 radical (unpaired) electrons. The van der Waals surface area contributed by atoms with Crippen molar-refractivity contribution in [2.45, 2.75) is 27.2 Å². The van der Waals surface area contributed by atoms with Crippen LogP contribution in [0.25, 0.3) is 0 Å². The molecule has 6 nitrogen and oxygen atoms in total. The molecule has 0 aromatic heterocycles. The van der Waals surface area contributed by atoms with Gasteiger partial charge >= 0.3 is 6.09 Å². The van der Waals surface area contributed by atoms with Gasteiger partial charge in [-0.1, -0.05) is 20.8 Å². The van der Waals surface area contributed by atoms with Gasteiger partial charge in [0, 0.05) is 45.7 Å². The van der Waals surface area contributed by atoms with Crippen molar-refractivity contribution >= 4 is 12.0 Å². The van der Waals surface area contributed by atoms with Crippen molar-refractivity contribution in [3.63, 3.8) is 0 Å². The average Bonchev–Trinajstić information content (AvgIpc) is 2.36. The van der Waals surface area contributed by atoms with Gasteiger partial charge in [-0.05, 0) is 5.41 Å². The summed E-state index contributed by atoms with van der Waals surface area (Å²) in [6, 6.07) is 0. The minimum Gasteiger partial charge on any atom is -0.453 e. The van der Waals surface area contributed by atoms with Crippen LogP contribution in [0.15, 0.2) is 0 Å². The van der Waals surface area contributed by atoms with E-state index in [4.69, 9.17) is 4.74 Å². The van der Waals surface area contributed by atoms with Crippen LogP contribution >= 0.6 is 0 Å². The maximum absolute atomic E-state index is 11.7. The molecule has 0 aromatic rings. The number of hydrogen-bond acceptors (Lipinski definition) is 4. The van der Waals surface area contributed by atoms with Gasteiger partial charge in [-0.25, -0.2) is 4.79 Å². The molecule has 0 aliphatic carbocycles. The predicted molar refractivity (Wildman–Crippen MR) is 77.5 cm³/mol. The van der Waals surface area contributed by atoms with Gasteiger partial charge in [-0.15, -0.1) is 0 Å². The van der Waals surface area contributed by atoms with Crippen molar-refractivity contribution < 1.29 is 14.3 Å². The fourth-order valence-electron chi connectivity index (χ4n) is 2.18. The van der Waals surface area contributed by atoms with Gasteiger partial charge in [0.1, 0.15) is 0 Å². The van der Waals surface area contributed by atoms with Crippen LogP contribution in [0, 0.1) is 5.41 Å². The molecule has 0 saturated carbocycles. The van der Waals surface area contributed by atoms with E-state index in [-0.39, 0.29) is 17.4 Å². The van der Waals surface area contributed by atoms with Gasteiger partial charge in [0.25, 0.3) is 0 Å². The van der Waals surface area contributed by atoms with E-state index in [1.165, 1.54) is 7.11 Å². The maximum Gasteiger partial charge on any atom is 0.409 e. The number of methoxy groups -OCH3 is 1. The van der Waals surface area contributed by atoms with Crippen LogP contribution in [0.1, 0.15) is 27.2 Å². The van der Waals surface area contributed by atoms with Crippen LogP contribution in [-0.2, 0) is 9.53 Å². The van der Waals surface area contributed by atoms with E-state index in [9.17, 15) is 9.59 Å². The molecule has 1 rings (SSSR count). The first-order valence-corrected chi connectivity index (χ1v) is 7.14. The minimum absolute atomic E-state index is 0.0240. The fraction of sp³-hybridized carbons (Fsp3) is 0.857. The van der Waals surface area contributed by atoms with E-state index >= 15 is 0 Å². The molecule has 116 valence electrons. The Morgan fingerprint density at radius 3 is 2.25 bits per heavy atom. The molecule has 0 bridgehead atoms. The van der Waals surface area contributed by atoms with E-state index in [1.807, 2.05) is 0 Å². The number of carbonyl (C=O) groups is 2. The highest BCUT2D eigenvalue weighted by Crippen LogP contribution is 2.17. The highest BCUT2D eigenvalue weighted by molar-refractivity contribution is 5.76. The second-order valence-corrected chi connectivity index (χ2v) is 6.39. The first-order chi connectivity index (χ1) is 9.31. The topological polar surface area (TPSA) is 61.9 Å². The molecule has 1 aliphatic rings. The summed E-state index contributed by atoms with van der Waals surface area (Å²) >= 11 is 0. The summed E-state index contributed by atoms with van der Waals surface area (Å²) in [7, 11) is 1.40. The van der Waals surface area contributed by atoms with Gasteiger partial charge in [0.15, 0.2) is 0 Å². The molecule has 1 aliphatic heterocycles. The molecule has 0 atom stereocenters. The number of rotatable bonds is 4. The highest BCUT2D eigenvalue weighted by Gasteiger charge is 2.21. The van der Waals surface area contributed by atoms with E-state index in [0.717, 1.165) is 19.6 Å². The second-order valence-electron chi connectivity index (χ2n) is 6.39. The van der Waals surface area contributed by atoms with Crippen LogP contribution in [0.4, 0.5) is 4.79 Å². The monoisotopic (exact) mass is 285 g/mol. The maximum atomic E-state index is 11.7. The Morgan fingerprint density at radius 1 is 1.15 bits per heavy atom. The molecular weight excluding hydrogens is 258 g/mol. The Bertz CT molecular complexity index is 331. The Kier molecular flexibility index (Phi) is 6.26. The number of ether oxygens (including phenoxy) is 1. The number of piperazine rings is 1. The number of amides is 2. The van der Waals surface area contributed by atoms with E-state index in [0.29, 0.717) is 26.1 Å². The van der Waals surface area contributed by atoms with Crippen molar-refractivity contribution in [3.8, 4) is 0 Å². The molecule has 0 spiro atoms. The smallest absolute Gasteiger partial charge is 0.409 e. The first-order valence-electron chi connectivity index (χ1n) is 7.14. The van der Waals surface area contributed by atoms with Gasteiger partial charge in [0.05, 0.1) is 7.11 Å². The largest absolute Gasteiger partial charge is 0.453 e. The molecule has 1 fully saturated rings. The summed E-state index contributed by atoms with van der Waals surface area (Å²) in [5, 5.41) is 2.95. The molecule has 6 heteroatoms. The van der Waals surface area contributed by atoms with Crippen molar-refractivity contribution in [1.82, 2.24) is 15.1 Å². The summed E-state index contributed by atoms with van der Waals surface area (Å²) in [6.07, 6.45) is 0.284. The zero-order valence-corrected chi connectivity index (χ0v) is 13.1. The van der Waals surface area contributed by atoms with E-state index < -0.39 is 0 Å². The van der Waals surface area contributed by atoms with Crippen molar-refractivity contribution in [2.24, 2.45) is 5.41 Å². The fourth-order valence-corrected chi connectivity index (χ4v) is 2.18. The first kappa shape index (κ1) is 16.8. The van der Waals surface area contributed by atoms with E-state index in [2.05, 4.69) is 31.0 Å². The summed E-state index contributed by atoms with van der Waals surface area (Å²) in [6.45, 7) is 10.7. The van der Waals surface area contributed by atoms with E-state index in [1.54, 1.807) is 4.90 Å². The summed E-state index contributed by atoms with van der Waals surface area (Å²) in [5.41, 5.74) is 0.0240. The molecule has 1 N–H and O–H groups in total. The Morgan fingerprint density at radius 2 is 1.75 bits per heavy atom. The minimum atomic E-state index is -0.261. The molecule has 0 aromatic carbocycles. The zero-order chi connectivity index (χ0) is 15.2. The molecule has 1 saturated heterocycles. The predicted octanol–water partition coefficient (Wildman–Crippen LogP) is 0.923. The Balaban J connectivity index is 2.16. The van der Waals surface area contributed by atoms with Crippen LogP contribution in [0.5, 0.6) is 0 Å². The Hall–Kier alpha value is -1.30. The quantitative estimate of drug-likeness (QED) is 0.834. The summed E-state index contributed by atoms with van der Waals surface area (Å²) < 4.78 is 4.70. The van der Waals surface area contributed by atoms with Gasteiger partial charge in [0.2, 0.25) is 5.91 Å². The van der Waals surface area contributed by atoms with Crippen LogP contribution < -0.4 is 5.32 Å². The zero-order valence-electron chi connectivity index (χ0n) is 13.1. The number of carbonyl (C=O) groups excluding carboxylic acids is 2.